The van der Waals surface area contributed by atoms with E-state index in [2.05, 4.69) is 20.6 Å². The quantitative estimate of drug-likeness (QED) is 0.588. The Bertz CT molecular complexity index is 885. The Kier molecular flexibility index (Phi) is 6.99. The predicted molar refractivity (Wildman–Crippen MR) is 97.3 cm³/mol. The second-order valence-electron chi connectivity index (χ2n) is 5.63. The number of nitrogens with one attached hydrogen (secondary N) is 3. The molecule has 0 unspecified atom stereocenters. The summed E-state index contributed by atoms with van der Waals surface area (Å²) in [5.74, 6) is -1.16. The Balaban J connectivity index is 1.98. The molecule has 144 valence electrons. The van der Waals surface area contributed by atoms with Crippen LogP contribution in [0.15, 0.2) is 53.6 Å². The van der Waals surface area contributed by atoms with Crippen molar-refractivity contribution in [3.63, 3.8) is 0 Å². The SMILES string of the molecule is COC[C@H](C)NS(=O)(=O)c1ccc(C(=O)NNC(=O)c2ccccn2)cc1. The monoisotopic (exact) mass is 392 g/mol. The number of hydrogen-bond acceptors (Lipinski definition) is 6. The smallest absolute Gasteiger partial charge is 0.288 e. The summed E-state index contributed by atoms with van der Waals surface area (Å²) in [4.78, 5) is 27.8. The molecule has 9 nitrogen and oxygen atoms in total. The van der Waals surface area contributed by atoms with Crippen molar-refractivity contribution in [3.8, 4) is 0 Å². The molecule has 2 aromatic rings. The van der Waals surface area contributed by atoms with Crippen LogP contribution in [0.5, 0.6) is 0 Å². The van der Waals surface area contributed by atoms with Crippen molar-refractivity contribution in [2.75, 3.05) is 13.7 Å². The van der Waals surface area contributed by atoms with Gasteiger partial charge in [-0.15, -0.1) is 0 Å². The number of carbonyl (C=O) groups is 2. The molecule has 0 fully saturated rings. The molecule has 2 rings (SSSR count). The standard InChI is InChI=1S/C17H20N4O5S/c1-12(11-26-2)21-27(24,25)14-8-6-13(7-9-14)16(22)19-20-17(23)15-5-3-4-10-18-15/h3-10,12,21H,11H2,1-2H3,(H,19,22)(H,20,23)/t12-/m0/s1. The van der Waals surface area contributed by atoms with Crippen molar-refractivity contribution in [2.24, 2.45) is 0 Å². The molecule has 1 atom stereocenters. The third kappa shape index (κ3) is 5.84. The number of methoxy groups -OCH3 is 1. The van der Waals surface area contributed by atoms with E-state index in [-0.39, 0.29) is 22.8 Å². The molecule has 1 aromatic heterocycles. The van der Waals surface area contributed by atoms with Crippen molar-refractivity contribution in [3.05, 3.63) is 59.9 Å². The number of hydrazine groups is 1. The molecule has 0 aliphatic heterocycles. The van der Waals surface area contributed by atoms with Crippen LogP contribution in [-0.2, 0) is 14.8 Å². The molecule has 0 spiro atoms. The van der Waals surface area contributed by atoms with Crippen LogP contribution in [0.3, 0.4) is 0 Å². The number of amides is 2. The van der Waals surface area contributed by atoms with E-state index in [0.29, 0.717) is 0 Å². The largest absolute Gasteiger partial charge is 0.383 e. The predicted octanol–water partition coefficient (Wildman–Crippen LogP) is 0.470. The second kappa shape index (κ2) is 9.21. The van der Waals surface area contributed by atoms with E-state index >= 15 is 0 Å². The number of pyridine rings is 1. The summed E-state index contributed by atoms with van der Waals surface area (Å²) in [6.45, 7) is 1.91. The molecule has 0 radical (unpaired) electrons. The summed E-state index contributed by atoms with van der Waals surface area (Å²) in [6.07, 6.45) is 1.46. The van der Waals surface area contributed by atoms with Gasteiger partial charge in [-0.25, -0.2) is 13.1 Å². The zero-order chi connectivity index (χ0) is 19.9. The second-order valence-corrected chi connectivity index (χ2v) is 7.34. The van der Waals surface area contributed by atoms with Gasteiger partial charge in [0.1, 0.15) is 5.69 Å². The number of sulfonamides is 1. The van der Waals surface area contributed by atoms with Gasteiger partial charge < -0.3 is 4.74 Å². The highest BCUT2D eigenvalue weighted by molar-refractivity contribution is 7.89. The fourth-order valence-corrected chi connectivity index (χ4v) is 3.38. The number of hydrogen-bond donors (Lipinski definition) is 3. The molecule has 0 bridgehead atoms. The summed E-state index contributed by atoms with van der Waals surface area (Å²) in [6, 6.07) is 9.70. The minimum absolute atomic E-state index is 0.0134. The highest BCUT2D eigenvalue weighted by Crippen LogP contribution is 2.11. The van der Waals surface area contributed by atoms with Gasteiger partial charge in [-0.2, -0.15) is 0 Å². The first kappa shape index (κ1) is 20.5. The van der Waals surface area contributed by atoms with Crippen LogP contribution in [-0.4, -0.2) is 45.0 Å². The molecular weight excluding hydrogens is 372 g/mol. The minimum atomic E-state index is -3.73. The van der Waals surface area contributed by atoms with E-state index in [4.69, 9.17) is 4.74 Å². The maximum atomic E-state index is 12.2. The molecular formula is C17H20N4O5S. The van der Waals surface area contributed by atoms with Crippen LogP contribution in [0.2, 0.25) is 0 Å². The van der Waals surface area contributed by atoms with Crippen LogP contribution in [0.1, 0.15) is 27.8 Å². The van der Waals surface area contributed by atoms with Crippen LogP contribution >= 0.6 is 0 Å². The first-order chi connectivity index (χ1) is 12.8. The topological polar surface area (TPSA) is 126 Å². The number of carbonyl (C=O) groups excluding carboxylic acids is 2. The Labute approximate surface area is 157 Å². The van der Waals surface area contributed by atoms with Gasteiger partial charge in [-0.05, 0) is 43.3 Å². The van der Waals surface area contributed by atoms with Gasteiger partial charge in [-0.1, -0.05) is 6.07 Å². The number of rotatable bonds is 7. The number of aromatic nitrogens is 1. The average molecular weight is 392 g/mol. The Morgan fingerprint density at radius 3 is 2.33 bits per heavy atom. The highest BCUT2D eigenvalue weighted by atomic mass is 32.2. The van der Waals surface area contributed by atoms with E-state index < -0.39 is 27.9 Å². The van der Waals surface area contributed by atoms with E-state index in [0.717, 1.165) is 0 Å². The van der Waals surface area contributed by atoms with Gasteiger partial charge in [0.15, 0.2) is 0 Å². The maximum absolute atomic E-state index is 12.2. The van der Waals surface area contributed by atoms with Gasteiger partial charge in [0, 0.05) is 24.9 Å². The lowest BCUT2D eigenvalue weighted by molar-refractivity contribution is 0.0844. The summed E-state index contributed by atoms with van der Waals surface area (Å²) in [7, 11) is -2.25. The number of ether oxygens (including phenoxy) is 1. The fourth-order valence-electron chi connectivity index (χ4n) is 2.15. The molecule has 27 heavy (non-hydrogen) atoms. The zero-order valence-corrected chi connectivity index (χ0v) is 15.6. The minimum Gasteiger partial charge on any atom is -0.383 e. The van der Waals surface area contributed by atoms with Crippen LogP contribution in [0.25, 0.3) is 0 Å². The maximum Gasteiger partial charge on any atom is 0.288 e. The van der Waals surface area contributed by atoms with Gasteiger partial charge in [-0.3, -0.25) is 25.4 Å². The van der Waals surface area contributed by atoms with Crippen molar-refractivity contribution in [1.82, 2.24) is 20.6 Å². The third-order valence-electron chi connectivity index (χ3n) is 3.39. The lowest BCUT2D eigenvalue weighted by Gasteiger charge is -2.13. The highest BCUT2D eigenvalue weighted by Gasteiger charge is 2.18. The summed E-state index contributed by atoms with van der Waals surface area (Å²) in [5.41, 5.74) is 4.81. The summed E-state index contributed by atoms with van der Waals surface area (Å²) >= 11 is 0. The molecule has 10 heteroatoms. The van der Waals surface area contributed by atoms with E-state index in [9.17, 15) is 18.0 Å². The lowest BCUT2D eigenvalue weighted by Crippen LogP contribution is -2.42. The number of benzene rings is 1. The molecule has 1 heterocycles. The Hall–Kier alpha value is -2.82. The van der Waals surface area contributed by atoms with Crippen molar-refractivity contribution in [2.45, 2.75) is 17.9 Å². The number of nitrogens with zero attached hydrogens (tertiary/aromatic N) is 1. The molecule has 0 saturated carbocycles. The van der Waals surface area contributed by atoms with Gasteiger partial charge in [0.2, 0.25) is 10.0 Å². The van der Waals surface area contributed by atoms with Gasteiger partial charge in [0.05, 0.1) is 11.5 Å². The molecule has 2 amide bonds. The van der Waals surface area contributed by atoms with Crippen molar-refractivity contribution in [1.29, 1.82) is 0 Å². The van der Waals surface area contributed by atoms with Crippen LogP contribution in [0.4, 0.5) is 0 Å². The first-order valence-corrected chi connectivity index (χ1v) is 9.45. The normalized spacial score (nSPS) is 12.2. The summed E-state index contributed by atoms with van der Waals surface area (Å²) < 4.78 is 31.8. The molecule has 0 saturated heterocycles. The molecule has 3 N–H and O–H groups in total. The molecule has 0 aliphatic carbocycles. The van der Waals surface area contributed by atoms with E-state index in [1.807, 2.05) is 0 Å². The summed E-state index contributed by atoms with van der Waals surface area (Å²) in [5, 5.41) is 0. The van der Waals surface area contributed by atoms with Crippen LogP contribution < -0.4 is 15.6 Å². The lowest BCUT2D eigenvalue weighted by atomic mass is 10.2. The fraction of sp³-hybridized carbons (Fsp3) is 0.235. The first-order valence-electron chi connectivity index (χ1n) is 7.96. The van der Waals surface area contributed by atoms with Gasteiger partial charge >= 0.3 is 0 Å². The Morgan fingerprint density at radius 1 is 1.07 bits per heavy atom. The van der Waals surface area contributed by atoms with E-state index in [1.54, 1.807) is 19.1 Å². The van der Waals surface area contributed by atoms with Crippen molar-refractivity contribution >= 4 is 21.8 Å². The van der Waals surface area contributed by atoms with E-state index in [1.165, 1.54) is 43.6 Å². The molecule has 0 aliphatic rings. The average Bonchev–Trinajstić information content (AvgIpc) is 2.66. The van der Waals surface area contributed by atoms with Gasteiger partial charge in [0.25, 0.3) is 11.8 Å². The molecule has 1 aromatic carbocycles. The zero-order valence-electron chi connectivity index (χ0n) is 14.8. The Morgan fingerprint density at radius 2 is 1.74 bits per heavy atom. The third-order valence-corrected chi connectivity index (χ3v) is 4.99. The van der Waals surface area contributed by atoms with Crippen LogP contribution in [0, 0.1) is 0 Å². The van der Waals surface area contributed by atoms with Crippen molar-refractivity contribution < 1.29 is 22.7 Å².